The molecule has 5 aromatic rings. The van der Waals surface area contributed by atoms with Gasteiger partial charge in [-0.2, -0.15) is 21.4 Å². The second-order valence-electron chi connectivity index (χ2n) is 18.6. The molecule has 8 rings (SSSR count). The highest BCUT2D eigenvalue weighted by Gasteiger charge is 2.45. The standard InChI is InChI=1S/C55H58N4O7S3/c1-8-11-32-56-53(67)57-33-31-36-15-21-41(22-16-36)66-52-37(19-29-48-54(4,5)50-44-25-23-42(68(60,61)62)34-39(44)17-27-46(50)58(48)9-2)13-12-14-38(52)20-30-49-55(6,7)51-45-26-24-43(69(63,64)65)35-40(45)18-28-47(51)59(49)10-3/h15-30,34-35H,9-10,12-14,31-33H2,1-7H3,(H3-,56,57,60,61,62,63,64,65,67)/p+1. The lowest BCUT2D eigenvalue weighted by atomic mass is 9.78. The summed E-state index contributed by atoms with van der Waals surface area (Å²) in [4.78, 5) is 2.05. The highest BCUT2D eigenvalue weighted by atomic mass is 32.2. The van der Waals surface area contributed by atoms with E-state index in [0.717, 1.165) is 109 Å². The van der Waals surface area contributed by atoms with Gasteiger partial charge in [-0.3, -0.25) is 9.11 Å². The van der Waals surface area contributed by atoms with Crippen LogP contribution in [0.4, 0.5) is 11.4 Å². The van der Waals surface area contributed by atoms with E-state index in [1.807, 2.05) is 36.4 Å². The van der Waals surface area contributed by atoms with Gasteiger partial charge in [0.05, 0.1) is 21.8 Å². The van der Waals surface area contributed by atoms with E-state index in [0.29, 0.717) is 31.3 Å². The Morgan fingerprint density at radius 1 is 0.812 bits per heavy atom. The van der Waals surface area contributed by atoms with Crippen molar-refractivity contribution in [3.05, 3.63) is 149 Å². The summed E-state index contributed by atoms with van der Waals surface area (Å²) >= 11 is 5.40. The second kappa shape index (κ2) is 19.4. The number of nitrogens with zero attached hydrogens (tertiary/aromatic N) is 2. The Balaban J connectivity index is 1.17. The van der Waals surface area contributed by atoms with Crippen LogP contribution in [-0.2, 0) is 37.5 Å². The topological polar surface area (TPSA) is 148 Å². The second-order valence-corrected chi connectivity index (χ2v) is 21.8. The molecule has 2 heterocycles. The molecule has 1 aliphatic carbocycles. The van der Waals surface area contributed by atoms with E-state index >= 15 is 0 Å². The molecule has 0 unspecified atom stereocenters. The third-order valence-corrected chi connectivity index (χ3v) is 15.6. The average Bonchev–Trinajstić information content (AvgIpc) is 3.68. The van der Waals surface area contributed by atoms with Gasteiger partial charge in [0, 0.05) is 47.6 Å². The lowest BCUT2D eigenvalue weighted by Crippen LogP contribution is -2.36. The molecule has 0 saturated carbocycles. The van der Waals surface area contributed by atoms with Gasteiger partial charge in [0.2, 0.25) is 5.69 Å². The van der Waals surface area contributed by atoms with Crippen LogP contribution < -0.4 is 20.3 Å². The van der Waals surface area contributed by atoms with Gasteiger partial charge in [-0.1, -0.05) is 56.2 Å². The number of benzene rings is 5. The van der Waals surface area contributed by atoms with Crippen LogP contribution in [0.25, 0.3) is 21.5 Å². The minimum atomic E-state index is -4.36. The smallest absolute Gasteiger partial charge is 0.294 e. The number of nitrogens with one attached hydrogen (secondary N) is 2. The van der Waals surface area contributed by atoms with Crippen molar-refractivity contribution in [1.29, 1.82) is 0 Å². The van der Waals surface area contributed by atoms with Crippen molar-refractivity contribution in [2.75, 3.05) is 31.1 Å². The Kier molecular flexibility index (Phi) is 13.9. The number of hydrogen-bond acceptors (Lipinski definition) is 7. The molecule has 14 heteroatoms. The van der Waals surface area contributed by atoms with E-state index in [4.69, 9.17) is 17.0 Å². The van der Waals surface area contributed by atoms with Gasteiger partial charge in [0.25, 0.3) is 20.2 Å². The molecule has 0 atom stereocenters. The minimum absolute atomic E-state index is 0.134. The van der Waals surface area contributed by atoms with Crippen molar-refractivity contribution in [3.8, 4) is 17.6 Å². The third-order valence-electron chi connectivity index (χ3n) is 13.6. The summed E-state index contributed by atoms with van der Waals surface area (Å²) in [6.45, 7) is 17.4. The van der Waals surface area contributed by atoms with E-state index in [9.17, 15) is 25.9 Å². The molecule has 0 amide bonds. The summed E-state index contributed by atoms with van der Waals surface area (Å²) in [6.07, 6.45) is 12.1. The zero-order valence-corrected chi connectivity index (χ0v) is 42.6. The van der Waals surface area contributed by atoms with Gasteiger partial charge in [0.15, 0.2) is 10.8 Å². The Labute approximate surface area is 411 Å². The van der Waals surface area contributed by atoms with E-state index in [1.54, 1.807) is 19.1 Å². The fraction of sp³-hybridized carbons (Fsp3) is 0.309. The summed E-state index contributed by atoms with van der Waals surface area (Å²) in [5.41, 5.74) is 8.84. The fourth-order valence-corrected chi connectivity index (χ4v) is 11.5. The van der Waals surface area contributed by atoms with E-state index in [2.05, 4.69) is 110 Å². The molecule has 2 aliphatic heterocycles. The van der Waals surface area contributed by atoms with Gasteiger partial charge < -0.3 is 20.3 Å². The molecule has 358 valence electrons. The quantitative estimate of drug-likeness (QED) is 0.0387. The fourth-order valence-electron chi connectivity index (χ4n) is 10.3. The molecule has 0 spiro atoms. The first-order chi connectivity index (χ1) is 32.8. The molecule has 0 bridgehead atoms. The van der Waals surface area contributed by atoms with Gasteiger partial charge in [-0.15, -0.1) is 5.92 Å². The van der Waals surface area contributed by atoms with Crippen molar-refractivity contribution in [3.63, 3.8) is 0 Å². The predicted molar refractivity (Wildman–Crippen MR) is 281 cm³/mol. The zero-order valence-electron chi connectivity index (χ0n) is 40.1. The normalized spacial score (nSPS) is 17.7. The maximum absolute atomic E-state index is 12.1. The predicted octanol–water partition coefficient (Wildman–Crippen LogP) is 10.6. The molecule has 69 heavy (non-hydrogen) atoms. The molecule has 0 aromatic heterocycles. The van der Waals surface area contributed by atoms with E-state index in [-0.39, 0.29) is 9.79 Å². The summed E-state index contributed by atoms with van der Waals surface area (Å²) < 4.78 is 77.2. The minimum Gasteiger partial charge on any atom is -0.457 e. The molecular weight excluding hydrogens is 925 g/mol. The SMILES string of the molecule is CC#CCNC(=S)NCCc1ccc(OC2=C(/C=C/C3=[N+](CC)c4ccc5cc(S(=O)(=O)O)ccc5c4C3(C)C)CCC/C2=C\C=C2\N(CC)c3ccc4cc(S(=O)(=O)O)ccc4c3C2(C)C)cc1. The number of anilines is 1. The Bertz CT molecular complexity index is 3370. The summed E-state index contributed by atoms with van der Waals surface area (Å²) in [7, 11) is -8.73. The van der Waals surface area contributed by atoms with Gasteiger partial charge >= 0.3 is 0 Å². The number of rotatable bonds is 13. The molecule has 0 saturated heterocycles. The lowest BCUT2D eigenvalue weighted by Gasteiger charge is -2.27. The van der Waals surface area contributed by atoms with Crippen LogP contribution in [0.15, 0.2) is 142 Å². The number of likely N-dealkylation sites (N-methyl/N-ethyl adjacent to an activating group) is 1. The van der Waals surface area contributed by atoms with Crippen molar-refractivity contribution >= 4 is 76.2 Å². The monoisotopic (exact) mass is 983 g/mol. The molecule has 11 nitrogen and oxygen atoms in total. The van der Waals surface area contributed by atoms with Crippen molar-refractivity contribution in [1.82, 2.24) is 10.6 Å². The first-order valence-electron chi connectivity index (χ1n) is 23.3. The molecule has 5 aromatic carbocycles. The zero-order chi connectivity index (χ0) is 49.5. The number of hydrogen-bond donors (Lipinski definition) is 4. The largest absolute Gasteiger partial charge is 0.457 e. The molecule has 0 fully saturated rings. The molecule has 0 radical (unpaired) electrons. The van der Waals surface area contributed by atoms with Crippen LogP contribution in [0.1, 0.15) is 84.4 Å². The number of ether oxygens (including phenoxy) is 1. The molecular formula is C55H59N4O7S3+. The van der Waals surface area contributed by atoms with Crippen LogP contribution in [-0.4, -0.2) is 67.5 Å². The van der Waals surface area contributed by atoms with Gasteiger partial charge in [-0.05, 0) is 177 Å². The molecule has 4 N–H and O–H groups in total. The van der Waals surface area contributed by atoms with E-state index < -0.39 is 31.1 Å². The van der Waals surface area contributed by atoms with Crippen LogP contribution >= 0.6 is 12.2 Å². The highest BCUT2D eigenvalue weighted by molar-refractivity contribution is 7.86. The van der Waals surface area contributed by atoms with Gasteiger partial charge in [0.1, 0.15) is 18.1 Å². The molecule has 3 aliphatic rings. The summed E-state index contributed by atoms with van der Waals surface area (Å²) in [5.74, 6) is 7.33. The van der Waals surface area contributed by atoms with Crippen molar-refractivity contribution in [2.45, 2.75) is 94.8 Å². The number of thiocarbonyl (C=S) groups is 1. The van der Waals surface area contributed by atoms with Crippen LogP contribution in [0.5, 0.6) is 5.75 Å². The third kappa shape index (κ3) is 9.76. The number of allylic oxidation sites excluding steroid dienone is 7. The van der Waals surface area contributed by atoms with Crippen LogP contribution in [0.2, 0.25) is 0 Å². The van der Waals surface area contributed by atoms with Gasteiger partial charge in [-0.25, -0.2) is 0 Å². The first-order valence-corrected chi connectivity index (χ1v) is 26.6. The average molecular weight is 984 g/mol. The van der Waals surface area contributed by atoms with Crippen LogP contribution in [0, 0.1) is 11.8 Å². The Hall–Kier alpha value is -6.08. The lowest BCUT2D eigenvalue weighted by molar-refractivity contribution is -0.433. The Morgan fingerprint density at radius 3 is 2.09 bits per heavy atom. The van der Waals surface area contributed by atoms with Crippen molar-refractivity contribution < 1.29 is 35.3 Å². The van der Waals surface area contributed by atoms with E-state index in [1.165, 1.54) is 24.3 Å². The highest BCUT2D eigenvalue weighted by Crippen LogP contribution is 2.51. The summed E-state index contributed by atoms with van der Waals surface area (Å²) in [6, 6.07) is 25.7. The Morgan fingerprint density at radius 2 is 1.46 bits per heavy atom. The maximum Gasteiger partial charge on any atom is 0.294 e. The number of fused-ring (bicyclic) bond motifs is 6. The maximum atomic E-state index is 12.1. The first kappa shape index (κ1) is 49.3. The van der Waals surface area contributed by atoms with Crippen molar-refractivity contribution in [2.24, 2.45) is 0 Å². The van der Waals surface area contributed by atoms with Crippen LogP contribution in [0.3, 0.4) is 0 Å². The summed E-state index contributed by atoms with van der Waals surface area (Å²) in [5, 5.41) is 10.2.